The zero-order chi connectivity index (χ0) is 13.8. The molecule has 0 radical (unpaired) electrons. The Hall–Kier alpha value is -0.740. The van der Waals surface area contributed by atoms with Crippen LogP contribution in [-0.4, -0.2) is 0 Å². The highest BCUT2D eigenvalue weighted by molar-refractivity contribution is 9.10. The highest BCUT2D eigenvalue weighted by Crippen LogP contribution is 2.26. The second kappa shape index (κ2) is 6.62. The molecule has 2 N–H and O–H groups in total. The quantitative estimate of drug-likeness (QED) is 0.850. The molecule has 0 spiro atoms. The summed E-state index contributed by atoms with van der Waals surface area (Å²) in [7, 11) is 0. The normalized spacial score (nSPS) is 10.5. The number of hydrogen-bond acceptors (Lipinski definition) is 2. The number of nitrogens with two attached hydrogens (primary N) is 1. The number of hydrogen-bond donors (Lipinski definition) is 1. The minimum absolute atomic E-state index is 0.355. The Kier molecular flexibility index (Phi) is 5.11. The van der Waals surface area contributed by atoms with Crippen LogP contribution in [0.25, 0.3) is 0 Å². The molecule has 2 aromatic rings. The number of rotatable bonds is 4. The zero-order valence-corrected chi connectivity index (χ0v) is 13.1. The minimum Gasteiger partial charge on any atom is -0.489 e. The van der Waals surface area contributed by atoms with Crippen molar-refractivity contribution in [1.29, 1.82) is 0 Å². The van der Waals surface area contributed by atoms with E-state index >= 15 is 0 Å². The van der Waals surface area contributed by atoms with Crippen LogP contribution in [0.1, 0.15) is 11.1 Å². The van der Waals surface area contributed by atoms with E-state index in [4.69, 9.17) is 33.7 Å². The summed E-state index contributed by atoms with van der Waals surface area (Å²) >= 11 is 15.4. The molecule has 0 amide bonds. The molecule has 0 aliphatic carbocycles. The molecule has 0 aromatic heterocycles. The molecule has 0 fully saturated rings. The maximum Gasteiger partial charge on any atom is 0.124 e. The summed E-state index contributed by atoms with van der Waals surface area (Å²) in [5.41, 5.74) is 7.48. The van der Waals surface area contributed by atoms with Crippen LogP contribution in [-0.2, 0) is 13.2 Å². The van der Waals surface area contributed by atoms with Crippen LogP contribution < -0.4 is 10.5 Å². The molecule has 0 aliphatic heterocycles. The lowest BCUT2D eigenvalue weighted by Gasteiger charge is -2.12. The number of benzene rings is 2. The molecule has 2 rings (SSSR count). The van der Waals surface area contributed by atoms with E-state index in [0.717, 1.165) is 21.3 Å². The molecule has 5 heteroatoms. The predicted molar refractivity (Wildman–Crippen MR) is 82.8 cm³/mol. The summed E-state index contributed by atoms with van der Waals surface area (Å²) in [6.07, 6.45) is 0. The first-order valence-corrected chi connectivity index (χ1v) is 7.20. The Morgan fingerprint density at radius 2 is 1.84 bits per heavy atom. The van der Waals surface area contributed by atoms with Gasteiger partial charge in [-0.25, -0.2) is 0 Å². The Bertz CT molecular complexity index is 590. The fourth-order valence-electron chi connectivity index (χ4n) is 1.66. The van der Waals surface area contributed by atoms with Crippen molar-refractivity contribution in [1.82, 2.24) is 0 Å². The van der Waals surface area contributed by atoms with E-state index in [0.29, 0.717) is 23.2 Å². The monoisotopic (exact) mass is 359 g/mol. The van der Waals surface area contributed by atoms with Gasteiger partial charge in [0.05, 0.1) is 0 Å². The Morgan fingerprint density at radius 3 is 2.58 bits per heavy atom. The number of ether oxygens (including phenoxy) is 1. The molecule has 100 valence electrons. The van der Waals surface area contributed by atoms with Crippen molar-refractivity contribution in [2.45, 2.75) is 13.2 Å². The lowest BCUT2D eigenvalue weighted by atomic mass is 10.2. The second-order valence-electron chi connectivity index (χ2n) is 3.98. The third kappa shape index (κ3) is 3.86. The summed E-state index contributed by atoms with van der Waals surface area (Å²) in [5.74, 6) is 0.752. The second-order valence-corrected chi connectivity index (χ2v) is 5.74. The van der Waals surface area contributed by atoms with Crippen LogP contribution in [0.4, 0.5) is 0 Å². The van der Waals surface area contributed by atoms with E-state index < -0.39 is 0 Å². The van der Waals surface area contributed by atoms with Gasteiger partial charge in [-0.15, -0.1) is 0 Å². The molecule has 0 atom stereocenters. The summed E-state index contributed by atoms with van der Waals surface area (Å²) < 4.78 is 6.73. The van der Waals surface area contributed by atoms with Gasteiger partial charge in [0.25, 0.3) is 0 Å². The lowest BCUT2D eigenvalue weighted by Crippen LogP contribution is -2.03. The van der Waals surface area contributed by atoms with Crippen LogP contribution in [0.5, 0.6) is 5.75 Å². The number of halogens is 3. The van der Waals surface area contributed by atoms with Gasteiger partial charge in [0.15, 0.2) is 0 Å². The van der Waals surface area contributed by atoms with Gasteiger partial charge >= 0.3 is 0 Å². The molecule has 0 saturated carbocycles. The van der Waals surface area contributed by atoms with E-state index in [1.165, 1.54) is 0 Å². The highest BCUT2D eigenvalue weighted by Gasteiger charge is 2.06. The van der Waals surface area contributed by atoms with E-state index in [9.17, 15) is 0 Å². The van der Waals surface area contributed by atoms with Crippen LogP contribution in [0.3, 0.4) is 0 Å². The average molecular weight is 361 g/mol. The molecule has 0 heterocycles. The Balaban J connectivity index is 2.16. The summed E-state index contributed by atoms with van der Waals surface area (Å²) in [4.78, 5) is 0. The maximum absolute atomic E-state index is 6.09. The van der Waals surface area contributed by atoms with Crippen LogP contribution >= 0.6 is 39.1 Å². The fraction of sp³-hybridized carbons (Fsp3) is 0.143. The first kappa shape index (κ1) is 14.7. The molecular formula is C14H12BrCl2NO. The van der Waals surface area contributed by atoms with Gasteiger partial charge in [0.2, 0.25) is 0 Å². The Labute approximate surface area is 130 Å². The topological polar surface area (TPSA) is 35.2 Å². The molecule has 0 unspecified atom stereocenters. The zero-order valence-electron chi connectivity index (χ0n) is 10.00. The maximum atomic E-state index is 6.09. The molecule has 0 bridgehead atoms. The van der Waals surface area contributed by atoms with E-state index in [1.807, 2.05) is 18.2 Å². The summed E-state index contributed by atoms with van der Waals surface area (Å²) in [5, 5.41) is 1.27. The molecule has 0 aliphatic rings. The predicted octanol–water partition coefficient (Wildman–Crippen LogP) is 4.79. The van der Waals surface area contributed by atoms with Crippen molar-refractivity contribution in [2.75, 3.05) is 0 Å². The summed E-state index contributed by atoms with van der Waals surface area (Å²) in [6, 6.07) is 11.0. The van der Waals surface area contributed by atoms with Gasteiger partial charge in [0, 0.05) is 32.2 Å². The SMILES string of the molecule is NCc1cc(Br)ccc1OCc1cc(Cl)ccc1Cl. The van der Waals surface area contributed by atoms with Crippen molar-refractivity contribution in [3.8, 4) is 5.75 Å². The van der Waals surface area contributed by atoms with Crippen molar-refractivity contribution >= 4 is 39.1 Å². The van der Waals surface area contributed by atoms with Gasteiger partial charge < -0.3 is 10.5 Å². The first-order chi connectivity index (χ1) is 9.10. The Morgan fingerprint density at radius 1 is 1.05 bits per heavy atom. The van der Waals surface area contributed by atoms with Crippen molar-refractivity contribution < 1.29 is 4.74 Å². The molecule has 2 nitrogen and oxygen atoms in total. The average Bonchev–Trinajstić information content (AvgIpc) is 2.40. The van der Waals surface area contributed by atoms with Crippen LogP contribution in [0.2, 0.25) is 10.0 Å². The smallest absolute Gasteiger partial charge is 0.124 e. The third-order valence-corrected chi connectivity index (χ3v) is 3.73. The molecule has 0 saturated heterocycles. The van der Waals surface area contributed by atoms with Crippen molar-refractivity contribution in [3.05, 3.63) is 62.0 Å². The van der Waals surface area contributed by atoms with E-state index in [2.05, 4.69) is 15.9 Å². The standard InChI is InChI=1S/C14H12BrCl2NO/c15-11-1-4-14(9(5-11)7-18)19-8-10-6-12(16)2-3-13(10)17/h1-6H,7-8,18H2. The largest absolute Gasteiger partial charge is 0.489 e. The first-order valence-electron chi connectivity index (χ1n) is 5.65. The van der Waals surface area contributed by atoms with Gasteiger partial charge in [-0.1, -0.05) is 39.1 Å². The van der Waals surface area contributed by atoms with Gasteiger partial charge in [-0.05, 0) is 36.4 Å². The lowest BCUT2D eigenvalue weighted by molar-refractivity contribution is 0.303. The van der Waals surface area contributed by atoms with Crippen LogP contribution in [0.15, 0.2) is 40.9 Å². The molecular weight excluding hydrogens is 349 g/mol. The molecule has 19 heavy (non-hydrogen) atoms. The van der Waals surface area contributed by atoms with Crippen molar-refractivity contribution in [2.24, 2.45) is 5.73 Å². The minimum atomic E-state index is 0.355. The van der Waals surface area contributed by atoms with Gasteiger partial charge in [0.1, 0.15) is 12.4 Å². The highest BCUT2D eigenvalue weighted by atomic mass is 79.9. The van der Waals surface area contributed by atoms with Crippen molar-refractivity contribution in [3.63, 3.8) is 0 Å². The van der Waals surface area contributed by atoms with Crippen LogP contribution in [0, 0.1) is 0 Å². The van der Waals surface area contributed by atoms with Gasteiger partial charge in [-0.3, -0.25) is 0 Å². The van der Waals surface area contributed by atoms with E-state index in [-0.39, 0.29) is 0 Å². The third-order valence-electron chi connectivity index (χ3n) is 2.63. The van der Waals surface area contributed by atoms with Gasteiger partial charge in [-0.2, -0.15) is 0 Å². The fourth-order valence-corrected chi connectivity index (χ4v) is 2.43. The molecule has 2 aromatic carbocycles. The van der Waals surface area contributed by atoms with E-state index in [1.54, 1.807) is 18.2 Å². The summed E-state index contributed by atoms with van der Waals surface area (Å²) in [6.45, 7) is 0.770.